The van der Waals surface area contributed by atoms with Crippen LogP contribution in [0.15, 0.2) is 29.4 Å². The third kappa shape index (κ3) is 3.67. The van der Waals surface area contributed by atoms with E-state index in [0.717, 1.165) is 50.8 Å². The number of nitrogens with zero attached hydrogens (tertiary/aromatic N) is 3. The third-order valence-electron chi connectivity index (χ3n) is 13.6. The van der Waals surface area contributed by atoms with Crippen LogP contribution in [0.3, 0.4) is 0 Å². The molecular weight excluding hydrogens is 506 g/mol. The lowest BCUT2D eigenvalue weighted by Gasteiger charge is -2.69. The summed E-state index contributed by atoms with van der Waals surface area (Å²) in [6.45, 7) is 21.0. The van der Waals surface area contributed by atoms with Gasteiger partial charge >= 0.3 is 0 Å². The highest BCUT2D eigenvalue weighted by Crippen LogP contribution is 2.74. The Bertz CT molecular complexity index is 1450. The highest BCUT2D eigenvalue weighted by atomic mass is 16.1. The van der Waals surface area contributed by atoms with Gasteiger partial charge in [0.25, 0.3) is 0 Å². The third-order valence-corrected chi connectivity index (χ3v) is 13.6. The van der Waals surface area contributed by atoms with Gasteiger partial charge in [0.15, 0.2) is 11.6 Å². The average Bonchev–Trinajstić information content (AvgIpc) is 3.19. The van der Waals surface area contributed by atoms with E-state index in [1.807, 2.05) is 26.0 Å². The first-order chi connectivity index (χ1) is 18.9. The minimum atomic E-state index is -0.633. The number of carbonyl (C=O) groups excluding carboxylic acids is 2. The van der Waals surface area contributed by atoms with Gasteiger partial charge in [0, 0.05) is 29.0 Å². The fraction of sp³-hybridized carbons (Fsp3) is 0.722. The second kappa shape index (κ2) is 8.55. The number of allylic oxidation sites excluding steroid dienone is 4. The molecule has 6 rings (SSSR count). The maximum absolute atomic E-state index is 14.7. The number of fused-ring (bicyclic) bond motifs is 7. The van der Waals surface area contributed by atoms with Crippen LogP contribution in [-0.4, -0.2) is 21.3 Å². The fourth-order valence-corrected chi connectivity index (χ4v) is 11.1. The number of Topliss-reactive ketones (excluding diaryl/α,β-unsaturated/α-hetero) is 1. The standard InChI is InChI=1S/C36H49N3O2/c1-22-16-23(2)39(38-22)21-36-14-12-31(3,4)19-25(36)29-26(40)17-28-33(7)18-24(20-37)30(41)32(5,6)27(33)10-11-34(28,8)35(29,9)13-15-36/h16-18,25,27,29H,10-15,19,21H2,1-9H3/t25-,27-,29-,33-,34+,35+,36+/m0/s1. The van der Waals surface area contributed by atoms with Gasteiger partial charge in [-0.15, -0.1) is 0 Å². The van der Waals surface area contributed by atoms with Gasteiger partial charge < -0.3 is 0 Å². The molecule has 0 unspecified atom stereocenters. The molecule has 1 aromatic rings. The van der Waals surface area contributed by atoms with Crippen LogP contribution in [0.25, 0.3) is 0 Å². The maximum atomic E-state index is 14.7. The van der Waals surface area contributed by atoms with Crippen LogP contribution >= 0.6 is 0 Å². The second-order valence-corrected chi connectivity index (χ2v) is 16.7. The number of hydrogen-bond acceptors (Lipinski definition) is 4. The van der Waals surface area contributed by atoms with Crippen LogP contribution in [0.5, 0.6) is 0 Å². The molecule has 0 saturated heterocycles. The molecule has 0 spiro atoms. The molecule has 0 bridgehead atoms. The molecule has 5 heteroatoms. The summed E-state index contributed by atoms with van der Waals surface area (Å²) in [7, 11) is 0. The Balaban J connectivity index is 1.50. The number of aromatic nitrogens is 2. The number of nitriles is 1. The van der Waals surface area contributed by atoms with Crippen molar-refractivity contribution in [1.82, 2.24) is 9.78 Å². The van der Waals surface area contributed by atoms with Crippen molar-refractivity contribution in [3.05, 3.63) is 40.8 Å². The highest BCUT2D eigenvalue weighted by molar-refractivity contribution is 6.04. The lowest BCUT2D eigenvalue weighted by atomic mass is 9.34. The average molecular weight is 556 g/mol. The van der Waals surface area contributed by atoms with Crippen LogP contribution in [0, 0.1) is 75.4 Å². The predicted octanol–water partition coefficient (Wildman–Crippen LogP) is 7.72. The van der Waals surface area contributed by atoms with Crippen molar-refractivity contribution in [3.8, 4) is 6.07 Å². The summed E-state index contributed by atoms with van der Waals surface area (Å²) < 4.78 is 2.22. The van der Waals surface area contributed by atoms with Gasteiger partial charge in [0.05, 0.1) is 11.3 Å². The second-order valence-electron chi connectivity index (χ2n) is 16.7. The van der Waals surface area contributed by atoms with Crippen molar-refractivity contribution in [1.29, 1.82) is 5.26 Å². The Morgan fingerprint density at radius 3 is 2.32 bits per heavy atom. The highest BCUT2D eigenvalue weighted by Gasteiger charge is 2.69. The summed E-state index contributed by atoms with van der Waals surface area (Å²) in [5.41, 5.74) is 2.52. The molecule has 3 fully saturated rings. The molecule has 0 radical (unpaired) electrons. The quantitative estimate of drug-likeness (QED) is 0.374. The topological polar surface area (TPSA) is 75.8 Å². The molecule has 5 nitrogen and oxygen atoms in total. The van der Waals surface area contributed by atoms with Gasteiger partial charge in [-0.2, -0.15) is 10.4 Å². The Kier molecular flexibility index (Phi) is 5.97. The van der Waals surface area contributed by atoms with Crippen molar-refractivity contribution in [3.63, 3.8) is 0 Å². The van der Waals surface area contributed by atoms with Crippen molar-refractivity contribution >= 4 is 11.6 Å². The zero-order valence-electron chi connectivity index (χ0n) is 26.8. The van der Waals surface area contributed by atoms with E-state index < -0.39 is 10.8 Å². The van der Waals surface area contributed by atoms with Crippen LogP contribution < -0.4 is 0 Å². The number of rotatable bonds is 2. The van der Waals surface area contributed by atoms with Gasteiger partial charge in [0.2, 0.25) is 0 Å². The minimum Gasteiger partial charge on any atom is -0.295 e. The first kappa shape index (κ1) is 28.6. The van der Waals surface area contributed by atoms with E-state index in [4.69, 9.17) is 5.10 Å². The zero-order valence-corrected chi connectivity index (χ0v) is 26.8. The van der Waals surface area contributed by atoms with Gasteiger partial charge in [0.1, 0.15) is 6.07 Å². The summed E-state index contributed by atoms with van der Waals surface area (Å²) >= 11 is 0. The molecule has 0 N–H and O–H groups in total. The van der Waals surface area contributed by atoms with Crippen LogP contribution in [0.4, 0.5) is 0 Å². The molecule has 0 amide bonds. The van der Waals surface area contributed by atoms with E-state index in [0.29, 0.717) is 5.92 Å². The summed E-state index contributed by atoms with van der Waals surface area (Å²) in [4.78, 5) is 28.0. The first-order valence-corrected chi connectivity index (χ1v) is 15.9. The molecule has 3 saturated carbocycles. The summed E-state index contributed by atoms with van der Waals surface area (Å²) in [5.74, 6) is 0.585. The summed E-state index contributed by atoms with van der Waals surface area (Å²) in [5, 5.41) is 14.9. The molecule has 0 aliphatic heterocycles. The van der Waals surface area contributed by atoms with Gasteiger partial charge in [-0.1, -0.05) is 60.1 Å². The Hall–Kier alpha value is -2.48. The monoisotopic (exact) mass is 555 g/mol. The molecule has 1 heterocycles. The summed E-state index contributed by atoms with van der Waals surface area (Å²) in [6, 6.07) is 4.40. The molecule has 5 aliphatic rings. The van der Waals surface area contributed by atoms with Crippen molar-refractivity contribution in [2.75, 3.05) is 0 Å². The number of hydrogen-bond donors (Lipinski definition) is 0. The van der Waals surface area contributed by atoms with Gasteiger partial charge in [-0.05, 0) is 104 Å². The molecule has 220 valence electrons. The Morgan fingerprint density at radius 1 is 1.00 bits per heavy atom. The van der Waals surface area contributed by atoms with Crippen LogP contribution in [0.1, 0.15) is 105 Å². The molecule has 5 aliphatic carbocycles. The Morgan fingerprint density at radius 2 is 1.68 bits per heavy atom. The smallest absolute Gasteiger partial charge is 0.178 e. The first-order valence-electron chi connectivity index (χ1n) is 15.9. The minimum absolute atomic E-state index is 0.0284. The van der Waals surface area contributed by atoms with Crippen molar-refractivity contribution in [2.24, 2.45) is 50.2 Å². The van der Waals surface area contributed by atoms with E-state index in [1.54, 1.807) is 0 Å². The van der Waals surface area contributed by atoms with Gasteiger partial charge in [-0.25, -0.2) is 0 Å². The molecular formula is C36H49N3O2. The molecule has 7 atom stereocenters. The van der Waals surface area contributed by atoms with Crippen LogP contribution in [-0.2, 0) is 16.1 Å². The lowest BCUT2D eigenvalue weighted by Crippen LogP contribution is -2.65. The lowest BCUT2D eigenvalue weighted by molar-refractivity contribution is -0.174. The van der Waals surface area contributed by atoms with Crippen LogP contribution in [0.2, 0.25) is 0 Å². The van der Waals surface area contributed by atoms with E-state index >= 15 is 0 Å². The van der Waals surface area contributed by atoms with Gasteiger partial charge in [-0.3, -0.25) is 14.3 Å². The predicted molar refractivity (Wildman–Crippen MR) is 161 cm³/mol. The molecule has 1 aromatic heterocycles. The van der Waals surface area contributed by atoms with E-state index in [2.05, 4.69) is 65.3 Å². The Labute approximate surface area is 246 Å². The maximum Gasteiger partial charge on any atom is 0.178 e. The van der Waals surface area contributed by atoms with E-state index in [1.165, 1.54) is 17.7 Å². The molecule has 0 aromatic carbocycles. The summed E-state index contributed by atoms with van der Waals surface area (Å²) in [6.07, 6.45) is 11.4. The normalized spacial score (nSPS) is 42.6. The zero-order chi connectivity index (χ0) is 30.0. The largest absolute Gasteiger partial charge is 0.295 e. The SMILES string of the molecule is Cc1cc(C)n(C[C@]23CCC(C)(C)C[C@H]2[C@H]2C(=O)C=C4[C@@]5(C)C=C(C#N)C(=O)C(C)(C)[C@@H]5CC[C@@]4(C)[C@]2(C)CC3)n1. The number of aryl methyl sites for hydroxylation is 2. The number of carbonyl (C=O) groups is 2. The van der Waals surface area contributed by atoms with E-state index in [9.17, 15) is 14.9 Å². The number of ketones is 2. The van der Waals surface area contributed by atoms with Crippen molar-refractivity contribution in [2.45, 2.75) is 114 Å². The molecule has 41 heavy (non-hydrogen) atoms. The van der Waals surface area contributed by atoms with Crippen molar-refractivity contribution < 1.29 is 9.59 Å². The van der Waals surface area contributed by atoms with E-state index in [-0.39, 0.29) is 50.6 Å². The fourth-order valence-electron chi connectivity index (χ4n) is 11.1.